The van der Waals surface area contributed by atoms with Crippen LogP contribution in [-0.4, -0.2) is 24.4 Å². The third-order valence-electron chi connectivity index (χ3n) is 6.17. The summed E-state index contributed by atoms with van der Waals surface area (Å²) in [5, 5.41) is -0.244. The molecule has 0 radical (unpaired) electrons. The fourth-order valence-corrected chi connectivity index (χ4v) is 5.51. The van der Waals surface area contributed by atoms with Crippen molar-refractivity contribution in [2.24, 2.45) is 11.8 Å². The van der Waals surface area contributed by atoms with Gasteiger partial charge in [0.25, 0.3) is 0 Å². The standard InChI is InChI=1S/C24H33NO2S/c1-19(2)28(26,27)18-24-11-7-21(8-12-24)4-3-20-5-9-22(10-6-20)17-23-13-15-25-16-14-23/h5-6,9-10,13-16,19,21,24H,3-4,7-8,11-12,17-18H2,1-2H3. The molecule has 1 saturated carbocycles. The van der Waals surface area contributed by atoms with E-state index >= 15 is 0 Å². The average molecular weight is 400 g/mol. The van der Waals surface area contributed by atoms with Crippen LogP contribution < -0.4 is 0 Å². The largest absolute Gasteiger partial charge is 0.265 e. The molecule has 2 aromatic rings. The van der Waals surface area contributed by atoms with Crippen LogP contribution in [0.1, 0.15) is 62.6 Å². The Morgan fingerprint density at radius 1 is 0.857 bits per heavy atom. The normalized spacial score (nSPS) is 20.4. The van der Waals surface area contributed by atoms with Crippen molar-refractivity contribution >= 4 is 9.84 Å². The second kappa shape index (κ2) is 9.69. The number of rotatable bonds is 8. The summed E-state index contributed by atoms with van der Waals surface area (Å²) in [6.45, 7) is 3.59. The molecule has 0 N–H and O–H groups in total. The lowest BCUT2D eigenvalue weighted by Crippen LogP contribution is -2.26. The summed E-state index contributed by atoms with van der Waals surface area (Å²) in [5.41, 5.74) is 4.03. The van der Waals surface area contributed by atoms with Crippen molar-refractivity contribution in [2.75, 3.05) is 5.75 Å². The lowest BCUT2D eigenvalue weighted by Gasteiger charge is -2.28. The molecular weight excluding hydrogens is 366 g/mol. The Kier molecular flexibility index (Phi) is 7.28. The molecule has 4 heteroatoms. The summed E-state index contributed by atoms with van der Waals surface area (Å²) in [6, 6.07) is 13.1. The van der Waals surface area contributed by atoms with Crippen LogP contribution in [0.15, 0.2) is 48.8 Å². The molecule has 0 bridgehead atoms. The number of hydrogen-bond acceptors (Lipinski definition) is 3. The first kappa shape index (κ1) is 21.0. The predicted octanol–water partition coefficient (Wildman–Crippen LogP) is 5.23. The quantitative estimate of drug-likeness (QED) is 0.610. The highest BCUT2D eigenvalue weighted by molar-refractivity contribution is 7.91. The van der Waals surface area contributed by atoms with E-state index in [1.54, 1.807) is 13.8 Å². The minimum absolute atomic E-state index is 0.244. The van der Waals surface area contributed by atoms with Crippen LogP contribution in [0.5, 0.6) is 0 Å². The van der Waals surface area contributed by atoms with Crippen LogP contribution in [0.2, 0.25) is 0 Å². The number of pyridine rings is 1. The van der Waals surface area contributed by atoms with Gasteiger partial charge in [0.15, 0.2) is 9.84 Å². The maximum Gasteiger partial charge on any atom is 0.152 e. The van der Waals surface area contributed by atoms with Gasteiger partial charge in [0, 0.05) is 12.4 Å². The van der Waals surface area contributed by atoms with Crippen molar-refractivity contribution in [1.29, 1.82) is 0 Å². The first-order valence-electron chi connectivity index (χ1n) is 10.6. The number of benzene rings is 1. The van der Waals surface area contributed by atoms with Gasteiger partial charge in [-0.1, -0.05) is 37.1 Å². The van der Waals surface area contributed by atoms with Gasteiger partial charge in [0.2, 0.25) is 0 Å². The van der Waals surface area contributed by atoms with E-state index in [1.807, 2.05) is 12.4 Å². The molecule has 1 aliphatic carbocycles. The first-order chi connectivity index (χ1) is 13.4. The smallest absolute Gasteiger partial charge is 0.152 e. The van der Waals surface area contributed by atoms with Crippen LogP contribution in [0.25, 0.3) is 0 Å². The molecule has 0 amide bonds. The van der Waals surface area contributed by atoms with Crippen molar-refractivity contribution in [3.8, 4) is 0 Å². The fourth-order valence-electron chi connectivity index (χ4n) is 4.14. The minimum atomic E-state index is -2.90. The van der Waals surface area contributed by atoms with Crippen molar-refractivity contribution in [3.05, 3.63) is 65.5 Å². The molecule has 3 rings (SSSR count). The van der Waals surface area contributed by atoms with Crippen molar-refractivity contribution in [3.63, 3.8) is 0 Å². The summed E-state index contributed by atoms with van der Waals surface area (Å²) < 4.78 is 24.3. The van der Waals surface area contributed by atoms with Crippen molar-refractivity contribution in [1.82, 2.24) is 4.98 Å². The van der Waals surface area contributed by atoms with Crippen LogP contribution in [0, 0.1) is 11.8 Å². The Balaban J connectivity index is 1.42. The van der Waals surface area contributed by atoms with E-state index < -0.39 is 9.84 Å². The van der Waals surface area contributed by atoms with Gasteiger partial charge in [-0.2, -0.15) is 0 Å². The third kappa shape index (κ3) is 6.16. The highest BCUT2D eigenvalue weighted by atomic mass is 32.2. The molecule has 1 aliphatic rings. The zero-order valence-electron chi connectivity index (χ0n) is 17.2. The number of hydrogen-bond donors (Lipinski definition) is 0. The number of aromatic nitrogens is 1. The number of nitrogens with zero attached hydrogens (tertiary/aromatic N) is 1. The Morgan fingerprint density at radius 3 is 2.00 bits per heavy atom. The van der Waals surface area contributed by atoms with Gasteiger partial charge in [-0.15, -0.1) is 0 Å². The van der Waals surface area contributed by atoms with E-state index in [4.69, 9.17) is 0 Å². The molecule has 0 spiro atoms. The zero-order chi connectivity index (χ0) is 20.0. The molecule has 152 valence electrons. The zero-order valence-corrected chi connectivity index (χ0v) is 18.0. The van der Waals surface area contributed by atoms with E-state index in [0.29, 0.717) is 11.7 Å². The summed E-state index contributed by atoms with van der Waals surface area (Å²) in [6.07, 6.45) is 11.5. The highest BCUT2D eigenvalue weighted by Gasteiger charge is 2.27. The Labute approximate surface area is 170 Å². The second-order valence-electron chi connectivity index (χ2n) is 8.65. The van der Waals surface area contributed by atoms with Gasteiger partial charge in [0.1, 0.15) is 0 Å². The van der Waals surface area contributed by atoms with E-state index in [0.717, 1.165) is 31.6 Å². The van der Waals surface area contributed by atoms with Gasteiger partial charge in [-0.05, 0) is 86.6 Å². The van der Waals surface area contributed by atoms with Crippen molar-refractivity contribution in [2.45, 2.75) is 64.0 Å². The Bertz CT molecular complexity index is 821. The van der Waals surface area contributed by atoms with Crippen LogP contribution in [0.4, 0.5) is 0 Å². The van der Waals surface area contributed by atoms with E-state index in [1.165, 1.54) is 36.0 Å². The molecule has 0 aliphatic heterocycles. The highest BCUT2D eigenvalue weighted by Crippen LogP contribution is 2.33. The Morgan fingerprint density at radius 2 is 1.39 bits per heavy atom. The molecular formula is C24H33NO2S. The predicted molar refractivity (Wildman–Crippen MR) is 116 cm³/mol. The SMILES string of the molecule is CC(C)S(=O)(=O)CC1CCC(CCc2ccc(Cc3ccncc3)cc2)CC1. The third-order valence-corrected chi connectivity index (χ3v) is 8.55. The Hall–Kier alpha value is -1.68. The topological polar surface area (TPSA) is 47.0 Å². The molecule has 1 fully saturated rings. The van der Waals surface area contributed by atoms with Crippen molar-refractivity contribution < 1.29 is 8.42 Å². The maximum atomic E-state index is 12.1. The summed E-state index contributed by atoms with van der Waals surface area (Å²) >= 11 is 0. The average Bonchev–Trinajstić information content (AvgIpc) is 2.69. The lowest BCUT2D eigenvalue weighted by molar-refractivity contribution is 0.278. The molecule has 1 heterocycles. The minimum Gasteiger partial charge on any atom is -0.265 e. The van der Waals surface area contributed by atoms with Crippen LogP contribution in [0.3, 0.4) is 0 Å². The maximum absolute atomic E-state index is 12.1. The molecule has 3 nitrogen and oxygen atoms in total. The summed E-state index contributed by atoms with van der Waals surface area (Å²) in [7, 11) is -2.90. The van der Waals surface area contributed by atoms with E-state index in [2.05, 4.69) is 41.4 Å². The second-order valence-corrected chi connectivity index (χ2v) is 11.3. The molecule has 0 unspecified atom stereocenters. The van der Waals surface area contributed by atoms with E-state index in [-0.39, 0.29) is 5.25 Å². The molecule has 28 heavy (non-hydrogen) atoms. The molecule has 1 aromatic heterocycles. The lowest BCUT2D eigenvalue weighted by atomic mass is 9.80. The van der Waals surface area contributed by atoms with Gasteiger partial charge >= 0.3 is 0 Å². The van der Waals surface area contributed by atoms with Gasteiger partial charge in [-0.3, -0.25) is 4.98 Å². The van der Waals surface area contributed by atoms with Crippen LogP contribution in [-0.2, 0) is 22.7 Å². The fraction of sp³-hybridized carbons (Fsp3) is 0.542. The monoisotopic (exact) mass is 399 g/mol. The first-order valence-corrected chi connectivity index (χ1v) is 12.3. The molecule has 1 aromatic carbocycles. The van der Waals surface area contributed by atoms with Gasteiger partial charge in [-0.25, -0.2) is 8.42 Å². The summed E-state index contributed by atoms with van der Waals surface area (Å²) in [5.74, 6) is 1.50. The van der Waals surface area contributed by atoms with Gasteiger partial charge < -0.3 is 0 Å². The van der Waals surface area contributed by atoms with Gasteiger partial charge in [0.05, 0.1) is 11.0 Å². The van der Waals surface area contributed by atoms with Crippen LogP contribution >= 0.6 is 0 Å². The number of aryl methyl sites for hydroxylation is 1. The molecule has 0 saturated heterocycles. The molecule has 0 atom stereocenters. The number of sulfone groups is 1. The summed E-state index contributed by atoms with van der Waals surface area (Å²) in [4.78, 5) is 4.07. The van der Waals surface area contributed by atoms with E-state index in [9.17, 15) is 8.42 Å².